The van der Waals surface area contributed by atoms with Crippen LogP contribution in [0.1, 0.15) is 25.3 Å². The molecule has 0 amide bonds. The normalized spacial score (nSPS) is 35.8. The molecule has 3 aliphatic rings. The van der Waals surface area contributed by atoms with Gasteiger partial charge >= 0.3 is 0 Å². The average Bonchev–Trinajstić information content (AvgIpc) is 2.78. The Morgan fingerprint density at radius 2 is 1.83 bits per heavy atom. The van der Waals surface area contributed by atoms with E-state index in [2.05, 4.69) is 19.1 Å². The van der Waals surface area contributed by atoms with Gasteiger partial charge in [-0.1, -0.05) is 31.2 Å². The van der Waals surface area contributed by atoms with E-state index in [1.807, 2.05) is 24.3 Å². The Labute approximate surface area is 176 Å². The number of rotatable bonds is 5. The lowest BCUT2D eigenvalue weighted by Gasteiger charge is -2.41. The smallest absolute Gasteiger partial charge is 0.186 e. The first-order valence-electron chi connectivity index (χ1n) is 10.5. The van der Waals surface area contributed by atoms with Gasteiger partial charge < -0.3 is 34.3 Å². The summed E-state index contributed by atoms with van der Waals surface area (Å²) in [6.45, 7) is 3.30. The molecule has 7 nitrogen and oxygen atoms in total. The zero-order valence-electron chi connectivity index (χ0n) is 17.4. The molecule has 1 unspecified atom stereocenters. The summed E-state index contributed by atoms with van der Waals surface area (Å²) in [7, 11) is 1.40. The zero-order chi connectivity index (χ0) is 21.3. The summed E-state index contributed by atoms with van der Waals surface area (Å²) < 4.78 is 22.2. The summed E-state index contributed by atoms with van der Waals surface area (Å²) in [5.41, 5.74) is 1.89. The van der Waals surface area contributed by atoms with E-state index in [4.69, 9.17) is 18.9 Å². The fourth-order valence-electron chi connectivity index (χ4n) is 4.38. The van der Waals surface area contributed by atoms with Crippen LogP contribution in [0.3, 0.4) is 0 Å². The maximum atomic E-state index is 10.4. The highest BCUT2D eigenvalue weighted by Gasteiger charge is 2.45. The van der Waals surface area contributed by atoms with E-state index in [0.717, 1.165) is 36.3 Å². The summed E-state index contributed by atoms with van der Waals surface area (Å²) in [6, 6.07) is 6.09. The summed E-state index contributed by atoms with van der Waals surface area (Å²) in [5, 5.41) is 30.6. The molecule has 1 aromatic carbocycles. The predicted octanol–water partition coefficient (Wildman–Crippen LogP) is 1.74. The van der Waals surface area contributed by atoms with E-state index in [-0.39, 0.29) is 5.41 Å². The number of benzene rings is 1. The van der Waals surface area contributed by atoms with Gasteiger partial charge in [-0.05, 0) is 47.9 Å². The second kappa shape index (κ2) is 8.69. The minimum Gasteiger partial charge on any atom is -0.486 e. The minimum absolute atomic E-state index is 0.0638. The van der Waals surface area contributed by atoms with Crippen molar-refractivity contribution in [2.45, 2.75) is 56.9 Å². The Morgan fingerprint density at radius 1 is 1.07 bits per heavy atom. The summed E-state index contributed by atoms with van der Waals surface area (Å²) in [5.74, 6) is 1.58. The zero-order valence-corrected chi connectivity index (χ0v) is 17.4. The van der Waals surface area contributed by atoms with Crippen LogP contribution in [-0.4, -0.2) is 66.3 Å². The first kappa shape index (κ1) is 21.3. The highest BCUT2D eigenvalue weighted by atomic mass is 16.7. The molecule has 0 spiro atoms. The van der Waals surface area contributed by atoms with Gasteiger partial charge in [0.25, 0.3) is 0 Å². The van der Waals surface area contributed by atoms with Crippen molar-refractivity contribution in [3.8, 4) is 11.5 Å². The number of methoxy groups -OCH3 is 1. The molecule has 1 aromatic rings. The van der Waals surface area contributed by atoms with Crippen molar-refractivity contribution in [3.05, 3.63) is 47.6 Å². The molecule has 6 atom stereocenters. The highest BCUT2D eigenvalue weighted by molar-refractivity contribution is 5.44. The molecule has 0 bridgehead atoms. The molecule has 0 radical (unpaired) electrons. The van der Waals surface area contributed by atoms with Gasteiger partial charge in [0, 0.05) is 7.11 Å². The highest BCUT2D eigenvalue weighted by Crippen LogP contribution is 2.41. The number of hydrogen-bond acceptors (Lipinski definition) is 7. The third-order valence-corrected chi connectivity index (χ3v) is 6.37. The fraction of sp³-hybridized carbons (Fsp3) is 0.565. The Balaban J connectivity index is 1.49. The molecule has 7 heteroatoms. The Bertz CT molecular complexity index is 818. The molecule has 1 aliphatic carbocycles. The molecule has 0 aromatic heterocycles. The van der Waals surface area contributed by atoms with E-state index in [9.17, 15) is 15.3 Å². The molecular formula is C23H30O7. The van der Waals surface area contributed by atoms with Gasteiger partial charge in [0.2, 0.25) is 0 Å². The van der Waals surface area contributed by atoms with Crippen molar-refractivity contribution in [1.29, 1.82) is 0 Å². The average molecular weight is 418 g/mol. The number of aliphatic hydroxyl groups is 3. The largest absolute Gasteiger partial charge is 0.486 e. The van der Waals surface area contributed by atoms with Crippen molar-refractivity contribution in [1.82, 2.24) is 0 Å². The number of aliphatic hydroxyl groups excluding tert-OH is 3. The second-order valence-corrected chi connectivity index (χ2v) is 8.24. The molecule has 3 N–H and O–H groups in total. The van der Waals surface area contributed by atoms with Crippen LogP contribution in [0.25, 0.3) is 0 Å². The van der Waals surface area contributed by atoms with Gasteiger partial charge in [-0.3, -0.25) is 0 Å². The van der Waals surface area contributed by atoms with Crippen LogP contribution in [0.4, 0.5) is 0 Å². The third kappa shape index (κ3) is 4.00. The lowest BCUT2D eigenvalue weighted by molar-refractivity contribution is -0.281. The van der Waals surface area contributed by atoms with E-state index in [1.165, 1.54) is 12.7 Å². The van der Waals surface area contributed by atoms with Crippen molar-refractivity contribution < 1.29 is 34.3 Å². The summed E-state index contributed by atoms with van der Waals surface area (Å²) in [6.07, 6.45) is 3.12. The molecular weight excluding hydrogens is 388 g/mol. The number of fused-ring (bicyclic) bond motifs is 1. The van der Waals surface area contributed by atoms with Crippen LogP contribution in [0.15, 0.2) is 42.0 Å². The van der Waals surface area contributed by atoms with Gasteiger partial charge in [0.15, 0.2) is 17.8 Å². The van der Waals surface area contributed by atoms with Crippen LogP contribution in [0, 0.1) is 5.41 Å². The predicted molar refractivity (Wildman–Crippen MR) is 109 cm³/mol. The first-order valence-corrected chi connectivity index (χ1v) is 10.5. The maximum Gasteiger partial charge on any atom is 0.186 e. The Hall–Kier alpha value is -1.90. The lowest BCUT2D eigenvalue weighted by atomic mass is 9.72. The number of ether oxygens (including phenoxy) is 4. The van der Waals surface area contributed by atoms with E-state index in [1.54, 1.807) is 0 Å². The number of allylic oxidation sites excluding steroid dienone is 2. The first-order chi connectivity index (χ1) is 14.5. The van der Waals surface area contributed by atoms with Gasteiger partial charge in [-0.2, -0.15) is 0 Å². The molecule has 2 aliphatic heterocycles. The monoisotopic (exact) mass is 418 g/mol. The van der Waals surface area contributed by atoms with Gasteiger partial charge in [-0.15, -0.1) is 0 Å². The van der Waals surface area contributed by atoms with E-state index < -0.39 is 30.7 Å². The van der Waals surface area contributed by atoms with Gasteiger partial charge in [0.05, 0.1) is 0 Å². The van der Waals surface area contributed by atoms with E-state index in [0.29, 0.717) is 13.2 Å². The van der Waals surface area contributed by atoms with Gasteiger partial charge in [0.1, 0.15) is 37.6 Å². The van der Waals surface area contributed by atoms with Crippen molar-refractivity contribution in [3.63, 3.8) is 0 Å². The quantitative estimate of drug-likeness (QED) is 0.670. The topological polar surface area (TPSA) is 97.6 Å². The lowest BCUT2D eigenvalue weighted by Crippen LogP contribution is -2.58. The molecule has 1 saturated heterocycles. The van der Waals surface area contributed by atoms with Crippen LogP contribution in [0.2, 0.25) is 0 Å². The van der Waals surface area contributed by atoms with Gasteiger partial charge in [-0.25, -0.2) is 0 Å². The Morgan fingerprint density at radius 3 is 2.50 bits per heavy atom. The molecule has 1 fully saturated rings. The standard InChI is InChI=1S/C23H30O7/c1-3-23(13-14-4-5-16-17(12-14)29-11-10-28-16)8-6-15(7-9-23)21-19(25)18(24)20(26)22(27-2)30-21/h4-8,12,18-22,24-26H,3,9-11,13H2,1-2H3/t18-,19-,20+,21+,22+,23?/m1/s1. The summed E-state index contributed by atoms with van der Waals surface area (Å²) in [4.78, 5) is 0. The maximum absolute atomic E-state index is 10.4. The molecule has 4 rings (SSSR count). The SMILES string of the molecule is CCC1(Cc2ccc3c(c2)OCCO3)C=CC([C@@H]2O[C@H](OC)[C@@H](O)[C@H](O)[C@H]2O)=CC1. The molecule has 0 saturated carbocycles. The van der Waals surface area contributed by atoms with Crippen LogP contribution in [0.5, 0.6) is 11.5 Å². The van der Waals surface area contributed by atoms with Crippen LogP contribution in [-0.2, 0) is 15.9 Å². The van der Waals surface area contributed by atoms with Crippen LogP contribution >= 0.6 is 0 Å². The van der Waals surface area contributed by atoms with Crippen molar-refractivity contribution in [2.75, 3.05) is 20.3 Å². The third-order valence-electron chi connectivity index (χ3n) is 6.37. The minimum atomic E-state index is -1.33. The number of hydrogen-bond donors (Lipinski definition) is 3. The van der Waals surface area contributed by atoms with Crippen molar-refractivity contribution in [2.24, 2.45) is 5.41 Å². The molecule has 30 heavy (non-hydrogen) atoms. The molecule has 2 heterocycles. The van der Waals surface area contributed by atoms with Crippen LogP contribution < -0.4 is 9.47 Å². The molecule has 164 valence electrons. The van der Waals surface area contributed by atoms with E-state index >= 15 is 0 Å². The van der Waals surface area contributed by atoms with Crippen molar-refractivity contribution >= 4 is 0 Å². The summed E-state index contributed by atoms with van der Waals surface area (Å²) >= 11 is 0. The Kier molecular flexibility index (Phi) is 6.18. The second-order valence-electron chi connectivity index (χ2n) is 8.24. The fourth-order valence-corrected chi connectivity index (χ4v) is 4.38.